The number of hydrogen-bond donors (Lipinski definition) is 3. The first-order valence-electron chi connectivity index (χ1n) is 7.29. The number of anilines is 1. The number of benzene rings is 2. The predicted molar refractivity (Wildman–Crippen MR) is 89.2 cm³/mol. The van der Waals surface area contributed by atoms with Crippen LogP contribution < -0.4 is 14.8 Å². The number of carbonyl (C=O) groups excluding carboxylic acids is 1. The van der Waals surface area contributed by atoms with Gasteiger partial charge in [0.05, 0.1) is 11.5 Å². The molecule has 0 unspecified atom stereocenters. The number of carbonyl (C=O) groups is 1. The highest BCUT2D eigenvalue weighted by atomic mass is 32.2. The fourth-order valence-electron chi connectivity index (χ4n) is 1.84. The van der Waals surface area contributed by atoms with Crippen molar-refractivity contribution in [3.63, 3.8) is 0 Å². The van der Waals surface area contributed by atoms with Gasteiger partial charge >= 0.3 is 0 Å². The monoisotopic (exact) mass is 368 g/mol. The fourth-order valence-corrected chi connectivity index (χ4v) is 2.90. The average Bonchev–Trinajstić information content (AvgIpc) is 2.60. The number of ether oxygens (including phenoxy) is 1. The first-order valence-corrected chi connectivity index (χ1v) is 8.78. The summed E-state index contributed by atoms with van der Waals surface area (Å²) >= 11 is 0. The van der Waals surface area contributed by atoms with E-state index in [0.29, 0.717) is 5.75 Å². The maximum Gasteiger partial charge on any atom is 0.261 e. The SMILES string of the molecule is O=C(COc1ccc(S(=O)(=O)Nc2ccc(F)cc2)cc1)NCCO. The molecule has 0 atom stereocenters. The Hall–Kier alpha value is -2.65. The molecule has 25 heavy (non-hydrogen) atoms. The molecular weight excluding hydrogens is 351 g/mol. The Morgan fingerprint density at radius 1 is 1.08 bits per heavy atom. The van der Waals surface area contributed by atoms with E-state index >= 15 is 0 Å². The zero-order valence-electron chi connectivity index (χ0n) is 13.1. The normalized spacial score (nSPS) is 11.0. The highest BCUT2D eigenvalue weighted by molar-refractivity contribution is 7.92. The van der Waals surface area contributed by atoms with Gasteiger partial charge in [0.1, 0.15) is 11.6 Å². The van der Waals surface area contributed by atoms with E-state index in [9.17, 15) is 17.6 Å². The van der Waals surface area contributed by atoms with Crippen LogP contribution in [0.4, 0.5) is 10.1 Å². The molecule has 0 saturated heterocycles. The number of amides is 1. The molecule has 0 aliphatic rings. The van der Waals surface area contributed by atoms with Gasteiger partial charge in [-0.05, 0) is 48.5 Å². The van der Waals surface area contributed by atoms with Crippen LogP contribution in [0.2, 0.25) is 0 Å². The highest BCUT2D eigenvalue weighted by Crippen LogP contribution is 2.19. The van der Waals surface area contributed by atoms with Crippen molar-refractivity contribution in [1.82, 2.24) is 5.32 Å². The van der Waals surface area contributed by atoms with E-state index < -0.39 is 21.7 Å². The smallest absolute Gasteiger partial charge is 0.261 e. The van der Waals surface area contributed by atoms with Crippen LogP contribution in [0.25, 0.3) is 0 Å². The molecule has 3 N–H and O–H groups in total. The number of aliphatic hydroxyl groups excluding tert-OH is 1. The summed E-state index contributed by atoms with van der Waals surface area (Å²) in [5, 5.41) is 11.0. The zero-order valence-corrected chi connectivity index (χ0v) is 13.9. The second-order valence-corrected chi connectivity index (χ2v) is 6.63. The van der Waals surface area contributed by atoms with E-state index in [2.05, 4.69) is 10.0 Å². The van der Waals surface area contributed by atoms with Gasteiger partial charge in [-0.25, -0.2) is 12.8 Å². The molecule has 7 nitrogen and oxygen atoms in total. The molecule has 0 saturated carbocycles. The van der Waals surface area contributed by atoms with E-state index in [1.807, 2.05) is 0 Å². The second-order valence-electron chi connectivity index (χ2n) is 4.95. The van der Waals surface area contributed by atoms with Crippen LogP contribution >= 0.6 is 0 Å². The first kappa shape index (κ1) is 18.7. The Balaban J connectivity index is 1.98. The summed E-state index contributed by atoms with van der Waals surface area (Å²) in [5.74, 6) is -0.545. The third kappa shape index (κ3) is 5.73. The van der Waals surface area contributed by atoms with Gasteiger partial charge < -0.3 is 15.2 Å². The second kappa shape index (κ2) is 8.45. The minimum atomic E-state index is -3.82. The molecule has 9 heteroatoms. The van der Waals surface area contributed by atoms with Gasteiger partial charge in [-0.15, -0.1) is 0 Å². The zero-order chi connectivity index (χ0) is 18.3. The third-order valence-electron chi connectivity index (χ3n) is 3.03. The van der Waals surface area contributed by atoms with Crippen molar-refractivity contribution in [2.45, 2.75) is 4.90 Å². The van der Waals surface area contributed by atoms with Crippen LogP contribution in [0.3, 0.4) is 0 Å². The molecular formula is C16H17FN2O5S. The Kier molecular flexibility index (Phi) is 6.31. The van der Waals surface area contributed by atoms with Crippen molar-refractivity contribution in [3.8, 4) is 5.75 Å². The van der Waals surface area contributed by atoms with Gasteiger partial charge in [0.2, 0.25) is 0 Å². The molecule has 0 fully saturated rings. The largest absolute Gasteiger partial charge is 0.484 e. The lowest BCUT2D eigenvalue weighted by molar-refractivity contribution is -0.123. The molecule has 0 aliphatic carbocycles. The Morgan fingerprint density at radius 3 is 2.32 bits per heavy atom. The van der Waals surface area contributed by atoms with Crippen molar-refractivity contribution < 1.29 is 27.4 Å². The lowest BCUT2D eigenvalue weighted by Crippen LogP contribution is -2.31. The maximum absolute atomic E-state index is 12.9. The van der Waals surface area contributed by atoms with Gasteiger partial charge in [0.25, 0.3) is 15.9 Å². The van der Waals surface area contributed by atoms with Crippen molar-refractivity contribution >= 4 is 21.6 Å². The van der Waals surface area contributed by atoms with Crippen molar-refractivity contribution in [2.75, 3.05) is 24.5 Å². The van der Waals surface area contributed by atoms with Crippen LogP contribution in [0.15, 0.2) is 53.4 Å². The Morgan fingerprint density at radius 2 is 1.72 bits per heavy atom. The van der Waals surface area contributed by atoms with Crippen LogP contribution in [0, 0.1) is 5.82 Å². The molecule has 134 valence electrons. The quantitative estimate of drug-likeness (QED) is 0.648. The van der Waals surface area contributed by atoms with Crippen LogP contribution in [-0.2, 0) is 14.8 Å². The third-order valence-corrected chi connectivity index (χ3v) is 4.43. The highest BCUT2D eigenvalue weighted by Gasteiger charge is 2.14. The van der Waals surface area contributed by atoms with Gasteiger partial charge in [-0.3, -0.25) is 9.52 Å². The number of aliphatic hydroxyl groups is 1. The molecule has 0 heterocycles. The lowest BCUT2D eigenvalue weighted by atomic mass is 10.3. The summed E-state index contributed by atoms with van der Waals surface area (Å²) in [6.07, 6.45) is 0. The molecule has 0 radical (unpaired) electrons. The number of rotatable bonds is 8. The standard InChI is InChI=1S/C16H17FN2O5S/c17-12-1-3-13(4-2-12)19-25(22,23)15-7-5-14(6-8-15)24-11-16(21)18-9-10-20/h1-8,19-20H,9-11H2,(H,18,21). The first-order chi connectivity index (χ1) is 11.9. The average molecular weight is 368 g/mol. The van der Waals surface area contributed by atoms with E-state index in [-0.39, 0.29) is 30.3 Å². The lowest BCUT2D eigenvalue weighted by Gasteiger charge is -2.10. The molecule has 2 aromatic carbocycles. The topological polar surface area (TPSA) is 105 Å². The van der Waals surface area contributed by atoms with Crippen LogP contribution in [-0.4, -0.2) is 39.2 Å². The van der Waals surface area contributed by atoms with Gasteiger partial charge in [-0.2, -0.15) is 0 Å². The van der Waals surface area contributed by atoms with E-state index in [1.165, 1.54) is 36.4 Å². The summed E-state index contributed by atoms with van der Waals surface area (Å²) in [7, 11) is -3.82. The summed E-state index contributed by atoms with van der Waals surface area (Å²) < 4.78 is 44.9. The Labute approximate surface area is 144 Å². The maximum atomic E-state index is 12.9. The number of halogens is 1. The van der Waals surface area contributed by atoms with Crippen molar-refractivity contribution in [3.05, 3.63) is 54.3 Å². The molecule has 1 amide bonds. The molecule has 2 rings (SSSR count). The minimum absolute atomic E-state index is 0.00564. The molecule has 0 aliphatic heterocycles. The summed E-state index contributed by atoms with van der Waals surface area (Å²) in [6, 6.07) is 10.4. The van der Waals surface area contributed by atoms with E-state index in [1.54, 1.807) is 0 Å². The molecule has 0 aromatic heterocycles. The van der Waals surface area contributed by atoms with Crippen LogP contribution in [0.5, 0.6) is 5.75 Å². The van der Waals surface area contributed by atoms with Crippen molar-refractivity contribution in [2.24, 2.45) is 0 Å². The van der Waals surface area contributed by atoms with Crippen molar-refractivity contribution in [1.29, 1.82) is 0 Å². The van der Waals surface area contributed by atoms with Gasteiger partial charge in [0.15, 0.2) is 6.61 Å². The summed E-state index contributed by atoms with van der Waals surface area (Å²) in [5.41, 5.74) is 0.238. The predicted octanol–water partition coefficient (Wildman–Crippen LogP) is 1.11. The molecule has 0 spiro atoms. The van der Waals surface area contributed by atoms with Crippen LogP contribution in [0.1, 0.15) is 0 Å². The number of sulfonamides is 1. The van der Waals surface area contributed by atoms with E-state index in [4.69, 9.17) is 9.84 Å². The van der Waals surface area contributed by atoms with Gasteiger partial charge in [0, 0.05) is 12.2 Å². The molecule has 2 aromatic rings. The number of nitrogens with one attached hydrogen (secondary N) is 2. The summed E-state index contributed by atoms with van der Waals surface area (Å²) in [6.45, 7) is -0.284. The van der Waals surface area contributed by atoms with Gasteiger partial charge in [-0.1, -0.05) is 0 Å². The number of hydrogen-bond acceptors (Lipinski definition) is 5. The summed E-state index contributed by atoms with van der Waals surface area (Å²) in [4.78, 5) is 11.3. The minimum Gasteiger partial charge on any atom is -0.484 e. The Bertz CT molecular complexity index is 807. The molecule has 0 bridgehead atoms. The van der Waals surface area contributed by atoms with E-state index in [0.717, 1.165) is 12.1 Å². The fraction of sp³-hybridized carbons (Fsp3) is 0.188.